The summed E-state index contributed by atoms with van der Waals surface area (Å²) in [6.07, 6.45) is -5.01. The van der Waals surface area contributed by atoms with E-state index in [1.54, 1.807) is 73.6 Å². The normalized spacial score (nSPS) is 23.0. The molecule has 0 spiro atoms. The Kier molecular flexibility index (Phi) is 6.82. The number of hydrogen-bond acceptors (Lipinski definition) is 5. The Labute approximate surface area is 229 Å². The first-order chi connectivity index (χ1) is 18.0. The fourth-order valence-corrected chi connectivity index (χ4v) is 5.12. The van der Waals surface area contributed by atoms with E-state index < -0.39 is 41.8 Å². The number of hydrogen-bond donors (Lipinski definition) is 1. The van der Waals surface area contributed by atoms with Crippen molar-refractivity contribution in [2.45, 2.75) is 37.6 Å². The molecule has 8 nitrogen and oxygen atoms in total. The largest absolute Gasteiger partial charge is 0.410 e. The Morgan fingerprint density at radius 1 is 1.16 bits per heavy atom. The first-order valence-electron chi connectivity index (χ1n) is 11.6. The first-order valence-corrected chi connectivity index (χ1v) is 12.8. The highest BCUT2D eigenvalue weighted by Gasteiger charge is 2.48. The highest BCUT2D eigenvalue weighted by atomic mass is 79.9. The number of halogens is 5. The van der Waals surface area contributed by atoms with Crippen molar-refractivity contribution in [1.29, 1.82) is 0 Å². The van der Waals surface area contributed by atoms with E-state index >= 15 is 0 Å². The standard InChI is InChI=1S/C25H21BrClF3N6O2/c1-13-20(24(38)36(34(13)2)16-6-4-3-5-7-16)32-23(37)21-19(27)22-31-17(14-8-10-15(26)11-9-14)12-18(25(28,29)30)35(22)33-21/h3-11,13,17-18,31H,12H2,1-2H3. The number of benzene rings is 2. The third-order valence-electron chi connectivity index (χ3n) is 6.68. The van der Waals surface area contributed by atoms with Crippen molar-refractivity contribution in [3.63, 3.8) is 0 Å². The summed E-state index contributed by atoms with van der Waals surface area (Å²) >= 11 is 9.74. The average Bonchev–Trinajstić information content (AvgIpc) is 3.32. The Bertz CT molecular complexity index is 1430. The van der Waals surface area contributed by atoms with Gasteiger partial charge < -0.3 is 5.32 Å². The average molecular weight is 610 g/mol. The number of nitrogens with one attached hydrogen (secondary N) is 1. The number of rotatable bonds is 3. The van der Waals surface area contributed by atoms with Crippen LogP contribution in [-0.2, 0) is 4.79 Å². The molecule has 2 aromatic carbocycles. The van der Waals surface area contributed by atoms with Gasteiger partial charge in [0.15, 0.2) is 11.7 Å². The van der Waals surface area contributed by atoms with Gasteiger partial charge in [-0.3, -0.25) is 9.59 Å². The lowest BCUT2D eigenvalue weighted by atomic mass is 9.97. The van der Waals surface area contributed by atoms with Gasteiger partial charge in [0.1, 0.15) is 16.6 Å². The third kappa shape index (κ3) is 4.61. The molecule has 3 unspecified atom stereocenters. The van der Waals surface area contributed by atoms with Gasteiger partial charge in [-0.25, -0.2) is 19.7 Å². The lowest BCUT2D eigenvalue weighted by Crippen LogP contribution is -2.38. The third-order valence-corrected chi connectivity index (χ3v) is 7.56. The number of amides is 2. The van der Waals surface area contributed by atoms with Crippen LogP contribution in [0.3, 0.4) is 0 Å². The monoisotopic (exact) mass is 608 g/mol. The van der Waals surface area contributed by atoms with E-state index in [1.807, 2.05) is 0 Å². The predicted octanol–water partition coefficient (Wildman–Crippen LogP) is 5.82. The molecular weight excluding hydrogens is 589 g/mol. The Morgan fingerprint density at radius 2 is 1.82 bits per heavy atom. The summed E-state index contributed by atoms with van der Waals surface area (Å²) in [5.41, 5.74) is 0.661. The van der Waals surface area contributed by atoms with Crippen LogP contribution in [0.25, 0.3) is 0 Å². The topological polar surface area (TPSA) is 82.8 Å². The summed E-state index contributed by atoms with van der Waals surface area (Å²) in [6, 6.07) is 12.3. The molecule has 0 radical (unpaired) electrons. The van der Waals surface area contributed by atoms with Gasteiger partial charge in [-0.2, -0.15) is 18.3 Å². The summed E-state index contributed by atoms with van der Waals surface area (Å²) in [5.74, 6) is -1.66. The van der Waals surface area contributed by atoms with E-state index in [-0.39, 0.29) is 23.0 Å². The minimum absolute atomic E-state index is 0.0727. The molecule has 1 saturated heterocycles. The van der Waals surface area contributed by atoms with E-state index in [9.17, 15) is 22.8 Å². The number of fused-ring (bicyclic) bond motifs is 1. The number of aliphatic imine (C=N–C) groups is 1. The van der Waals surface area contributed by atoms with Crippen molar-refractivity contribution >= 4 is 56.6 Å². The molecule has 2 aliphatic rings. The number of aromatic nitrogens is 2. The maximum absolute atomic E-state index is 14.1. The summed E-state index contributed by atoms with van der Waals surface area (Å²) in [4.78, 5) is 30.3. The molecule has 38 heavy (non-hydrogen) atoms. The number of carbonyl (C=O) groups excluding carboxylic acids is 2. The van der Waals surface area contributed by atoms with Crippen LogP contribution < -0.4 is 10.3 Å². The van der Waals surface area contributed by atoms with Crippen LogP contribution >= 0.6 is 27.5 Å². The van der Waals surface area contributed by atoms with Crippen LogP contribution in [0.15, 0.2) is 64.1 Å². The molecule has 0 saturated carbocycles. The van der Waals surface area contributed by atoms with Crippen LogP contribution in [-0.4, -0.2) is 51.6 Å². The van der Waals surface area contributed by atoms with E-state index in [0.29, 0.717) is 15.9 Å². The molecule has 1 aromatic heterocycles. The molecule has 2 aliphatic heterocycles. The second-order valence-electron chi connectivity index (χ2n) is 9.00. The molecule has 198 valence electrons. The predicted molar refractivity (Wildman–Crippen MR) is 140 cm³/mol. The fraction of sp³-hybridized carbons (Fsp3) is 0.280. The van der Waals surface area contributed by atoms with Gasteiger partial charge in [-0.1, -0.05) is 57.9 Å². The smallest absolute Gasteiger partial charge is 0.362 e. The molecular formula is C25H21BrClF3N6O2. The molecule has 0 aliphatic carbocycles. The number of anilines is 2. The maximum Gasteiger partial charge on any atom is 0.410 e. The molecule has 13 heteroatoms. The quantitative estimate of drug-likeness (QED) is 0.405. The van der Waals surface area contributed by atoms with Crippen LogP contribution in [0.1, 0.15) is 41.5 Å². The number of alkyl halides is 3. The van der Waals surface area contributed by atoms with Gasteiger partial charge in [0.05, 0.1) is 17.8 Å². The van der Waals surface area contributed by atoms with Gasteiger partial charge in [-0.15, -0.1) is 0 Å². The second-order valence-corrected chi connectivity index (χ2v) is 10.3. The summed E-state index contributed by atoms with van der Waals surface area (Å²) in [5, 5.41) is 9.63. The van der Waals surface area contributed by atoms with E-state index in [2.05, 4.69) is 31.3 Å². The highest BCUT2D eigenvalue weighted by molar-refractivity contribution is 9.10. The SMILES string of the molecule is CC1C(=NC(=O)c2nn3c(c2Cl)NC(c2ccc(Br)cc2)CC3C(F)(F)F)C(=O)N(c2ccccc2)N1C. The number of nitrogens with zero attached hydrogens (tertiary/aromatic N) is 5. The van der Waals surface area contributed by atoms with E-state index in [0.717, 1.165) is 4.47 Å². The molecule has 1 N–H and O–H groups in total. The van der Waals surface area contributed by atoms with E-state index in [4.69, 9.17) is 11.6 Å². The minimum Gasteiger partial charge on any atom is -0.362 e. The van der Waals surface area contributed by atoms with Crippen LogP contribution in [0.4, 0.5) is 24.7 Å². The summed E-state index contributed by atoms with van der Waals surface area (Å²) in [7, 11) is 1.67. The van der Waals surface area contributed by atoms with Gasteiger partial charge in [0, 0.05) is 17.9 Å². The highest BCUT2D eigenvalue weighted by Crippen LogP contribution is 2.46. The number of carbonyl (C=O) groups is 2. The summed E-state index contributed by atoms with van der Waals surface area (Å²) in [6.45, 7) is 1.69. The van der Waals surface area contributed by atoms with Crippen molar-refractivity contribution in [2.24, 2.45) is 4.99 Å². The molecule has 1 fully saturated rings. The summed E-state index contributed by atoms with van der Waals surface area (Å²) < 4.78 is 43.7. The lowest BCUT2D eigenvalue weighted by Gasteiger charge is -2.33. The van der Waals surface area contributed by atoms with Crippen LogP contribution in [0.5, 0.6) is 0 Å². The minimum atomic E-state index is -4.65. The molecule has 3 heterocycles. The zero-order valence-electron chi connectivity index (χ0n) is 20.1. The van der Waals surface area contributed by atoms with Crippen molar-refractivity contribution < 1.29 is 22.8 Å². The first kappa shape index (κ1) is 26.4. The Hall–Kier alpha value is -3.22. The van der Waals surface area contributed by atoms with Gasteiger partial charge >= 0.3 is 6.18 Å². The Balaban J connectivity index is 1.50. The molecule has 0 bridgehead atoms. The molecule has 3 atom stereocenters. The van der Waals surface area contributed by atoms with Crippen molar-refractivity contribution in [1.82, 2.24) is 14.8 Å². The van der Waals surface area contributed by atoms with Crippen molar-refractivity contribution in [3.05, 3.63) is 75.4 Å². The van der Waals surface area contributed by atoms with Crippen LogP contribution in [0.2, 0.25) is 5.02 Å². The van der Waals surface area contributed by atoms with Gasteiger partial charge in [0.25, 0.3) is 11.8 Å². The fourth-order valence-electron chi connectivity index (χ4n) is 4.59. The van der Waals surface area contributed by atoms with Gasteiger partial charge in [0.2, 0.25) is 0 Å². The lowest BCUT2D eigenvalue weighted by molar-refractivity contribution is -0.173. The Morgan fingerprint density at radius 3 is 2.45 bits per heavy atom. The van der Waals surface area contributed by atoms with Gasteiger partial charge in [-0.05, 0) is 36.8 Å². The number of hydrazine groups is 1. The molecule has 5 rings (SSSR count). The van der Waals surface area contributed by atoms with E-state index in [1.165, 1.54) is 5.01 Å². The second kappa shape index (κ2) is 9.83. The zero-order chi connectivity index (χ0) is 27.4. The molecule has 2 amide bonds. The van der Waals surface area contributed by atoms with Crippen LogP contribution in [0, 0.1) is 0 Å². The number of para-hydroxylation sites is 1. The van der Waals surface area contributed by atoms with Crippen molar-refractivity contribution in [3.8, 4) is 0 Å². The van der Waals surface area contributed by atoms with Crippen molar-refractivity contribution in [2.75, 3.05) is 17.4 Å². The maximum atomic E-state index is 14.1. The zero-order valence-corrected chi connectivity index (χ0v) is 22.4. The molecule has 3 aromatic rings.